The van der Waals surface area contributed by atoms with Crippen LogP contribution in [-0.2, 0) is 24.0 Å². The van der Waals surface area contributed by atoms with E-state index in [4.69, 9.17) is 6.64 Å². The van der Waals surface area contributed by atoms with E-state index in [1.807, 2.05) is 109 Å². The third-order valence-corrected chi connectivity index (χ3v) is 16.0. The van der Waals surface area contributed by atoms with Gasteiger partial charge >= 0.3 is 272 Å². The summed E-state index contributed by atoms with van der Waals surface area (Å²) >= 11 is -4.73. The van der Waals surface area contributed by atoms with Crippen LogP contribution in [0, 0.1) is 0 Å². The molecule has 0 aromatic heterocycles. The molecule has 0 spiro atoms. The third kappa shape index (κ3) is 4.11. The van der Waals surface area contributed by atoms with Crippen molar-refractivity contribution in [1.29, 1.82) is 0 Å². The Labute approximate surface area is 270 Å². The Kier molecular flexibility index (Phi) is 6.24. The molecular weight excluding hydrogens is 604 g/mol. The number of allylic oxidation sites excluding steroid dienone is 2. The number of rotatable bonds is 4. The zero-order valence-electron chi connectivity index (χ0n) is 24.9. The van der Waals surface area contributed by atoms with Crippen molar-refractivity contribution in [3.8, 4) is 0 Å². The van der Waals surface area contributed by atoms with E-state index in [-0.39, 0.29) is 8.45 Å². The minimum absolute atomic E-state index is 0.303. The predicted molar refractivity (Wildman–Crippen MR) is 178 cm³/mol. The van der Waals surface area contributed by atoms with Gasteiger partial charge in [0.15, 0.2) is 0 Å². The second-order valence-electron chi connectivity index (χ2n) is 12.3. The molecule has 2 unspecified atom stereocenters. The zero-order chi connectivity index (χ0) is 30.8. The topological polar surface area (TPSA) is 52.6 Å². The predicted octanol–water partition coefficient (Wildman–Crippen LogP) is 9.67. The van der Waals surface area contributed by atoms with E-state index >= 15 is 0 Å². The number of benzene rings is 6. The van der Waals surface area contributed by atoms with Crippen LogP contribution in [0.3, 0.4) is 0 Å². The fourth-order valence-corrected chi connectivity index (χ4v) is 14.8. The molecule has 0 N–H and O–H groups in total. The second kappa shape index (κ2) is 10.5. The molecule has 6 aromatic rings. The molecule has 46 heavy (non-hydrogen) atoms. The fourth-order valence-electron chi connectivity index (χ4n) is 7.90. The maximum atomic E-state index is 14.7. The molecule has 4 nitrogen and oxygen atoms in total. The standard InChI is InChI=1S/C19H14.2C11H8O2.Ti/c1-2-6-17-11-14(10-16(17)5-1)9-15-12-18-7-3-4-8-19(18)13-15;2*12-11(13)10-7-3-5-8-4-1-2-6-9(8)10;/h1-8,10-13H,9H2;2*1-7H,(H,12,13);/q;;;+2/p-2. The first-order valence-electron chi connectivity index (χ1n) is 15.6. The van der Waals surface area contributed by atoms with Crippen LogP contribution in [0.1, 0.15) is 57.8 Å². The fraction of sp³-hybridized carbons (Fsp3) is 0.0732. The van der Waals surface area contributed by atoms with Crippen LogP contribution >= 0.6 is 0 Å². The molecule has 1 saturated heterocycles. The number of carbonyl (C=O) groups excluding carboxylic acids is 2. The van der Waals surface area contributed by atoms with Crippen LogP contribution in [0.5, 0.6) is 0 Å². The summed E-state index contributed by atoms with van der Waals surface area (Å²) < 4.78 is 13.5. The molecule has 9 rings (SSSR count). The van der Waals surface area contributed by atoms with Crippen LogP contribution in [0.25, 0.3) is 33.7 Å². The Bertz CT molecular complexity index is 2140. The van der Waals surface area contributed by atoms with E-state index in [0.717, 1.165) is 61.4 Å². The Morgan fingerprint density at radius 3 is 1.41 bits per heavy atom. The van der Waals surface area contributed by atoms with Gasteiger partial charge in [-0.3, -0.25) is 0 Å². The molecule has 1 aliphatic heterocycles. The molecular formula is C41H28O4Ti. The van der Waals surface area contributed by atoms with Gasteiger partial charge in [0.1, 0.15) is 0 Å². The van der Waals surface area contributed by atoms with Gasteiger partial charge in [-0.05, 0) is 0 Å². The Hall–Kier alpha value is -5.03. The van der Waals surface area contributed by atoms with E-state index in [0.29, 0.717) is 11.1 Å². The Morgan fingerprint density at radius 2 is 0.913 bits per heavy atom. The van der Waals surface area contributed by atoms with Gasteiger partial charge in [-0.2, -0.15) is 0 Å². The maximum absolute atomic E-state index is 14.7. The van der Waals surface area contributed by atoms with Crippen LogP contribution in [0.2, 0.25) is 0 Å². The molecule has 2 aliphatic carbocycles. The van der Waals surface area contributed by atoms with Gasteiger partial charge in [0.25, 0.3) is 0 Å². The van der Waals surface area contributed by atoms with Crippen molar-refractivity contribution < 1.29 is 33.6 Å². The van der Waals surface area contributed by atoms with E-state index in [1.54, 1.807) is 0 Å². The SMILES string of the molecule is O=C([O][Ti]1([O]C(=O)c2cccc3ccccc23)[CH]2C(=Cc3ccccc32)CC2=Cc3ccccc3[CH]21)c1cccc2ccccc12. The first-order valence-corrected chi connectivity index (χ1v) is 18.7. The number of hydrogen-bond donors (Lipinski definition) is 0. The molecule has 6 aromatic carbocycles. The number of carbonyl (C=O) groups is 2. The number of fused-ring (bicyclic) bond motifs is 8. The molecule has 0 saturated carbocycles. The molecule has 220 valence electrons. The van der Waals surface area contributed by atoms with Crippen molar-refractivity contribution in [2.75, 3.05) is 0 Å². The van der Waals surface area contributed by atoms with Gasteiger partial charge in [0.2, 0.25) is 0 Å². The van der Waals surface area contributed by atoms with Gasteiger partial charge in [0.05, 0.1) is 0 Å². The van der Waals surface area contributed by atoms with E-state index < -0.39 is 29.3 Å². The van der Waals surface area contributed by atoms with Crippen molar-refractivity contribution in [3.63, 3.8) is 0 Å². The van der Waals surface area contributed by atoms with Crippen molar-refractivity contribution in [2.45, 2.75) is 14.9 Å². The molecule has 0 amide bonds. The summed E-state index contributed by atoms with van der Waals surface area (Å²) in [6.07, 6.45) is 5.18. The van der Waals surface area contributed by atoms with Gasteiger partial charge in [-0.25, -0.2) is 0 Å². The van der Waals surface area contributed by atoms with Crippen LogP contribution in [-0.4, -0.2) is 11.9 Å². The molecule has 3 aliphatic rings. The first kappa shape index (κ1) is 27.3. The van der Waals surface area contributed by atoms with Gasteiger partial charge < -0.3 is 0 Å². The van der Waals surface area contributed by atoms with Crippen molar-refractivity contribution >= 4 is 45.6 Å². The van der Waals surface area contributed by atoms with Crippen LogP contribution < -0.4 is 0 Å². The second-order valence-corrected chi connectivity index (χ2v) is 17.0. The Morgan fingerprint density at radius 1 is 0.500 bits per heavy atom. The summed E-state index contributed by atoms with van der Waals surface area (Å²) in [5.41, 5.74) is 7.56. The normalized spacial score (nSPS) is 18.5. The van der Waals surface area contributed by atoms with Gasteiger partial charge in [-0.1, -0.05) is 0 Å². The first-order chi connectivity index (χ1) is 22.6. The molecule has 0 bridgehead atoms. The summed E-state index contributed by atoms with van der Waals surface area (Å²) in [5.74, 6) is -0.895. The molecule has 1 heterocycles. The average Bonchev–Trinajstić information content (AvgIpc) is 3.66. The van der Waals surface area contributed by atoms with Crippen molar-refractivity contribution in [2.24, 2.45) is 0 Å². The van der Waals surface area contributed by atoms with E-state index in [2.05, 4.69) is 36.4 Å². The monoisotopic (exact) mass is 632 g/mol. The van der Waals surface area contributed by atoms with Gasteiger partial charge in [0, 0.05) is 0 Å². The van der Waals surface area contributed by atoms with Crippen molar-refractivity contribution in [1.82, 2.24) is 0 Å². The summed E-state index contributed by atoms with van der Waals surface area (Å²) in [7, 11) is 0. The third-order valence-electron chi connectivity index (χ3n) is 9.77. The zero-order valence-corrected chi connectivity index (χ0v) is 26.4. The molecule has 1 fully saturated rings. The quantitative estimate of drug-likeness (QED) is 0.182. The van der Waals surface area contributed by atoms with E-state index in [9.17, 15) is 9.59 Å². The molecule has 0 radical (unpaired) electrons. The summed E-state index contributed by atoms with van der Waals surface area (Å²) in [5, 5.41) is 3.53. The minimum atomic E-state index is -4.73. The van der Waals surface area contributed by atoms with Crippen LogP contribution in [0.15, 0.2) is 145 Å². The summed E-state index contributed by atoms with van der Waals surface area (Å²) in [4.78, 5) is 29.3. The Balaban J connectivity index is 1.28. The number of hydrogen-bond acceptors (Lipinski definition) is 4. The molecule has 5 heteroatoms. The summed E-state index contributed by atoms with van der Waals surface area (Å²) in [6.45, 7) is 0. The summed E-state index contributed by atoms with van der Waals surface area (Å²) in [6, 6.07) is 43.6. The van der Waals surface area contributed by atoms with Crippen LogP contribution in [0.4, 0.5) is 0 Å². The molecule has 2 atom stereocenters. The van der Waals surface area contributed by atoms with Crippen molar-refractivity contribution in [3.05, 3.63) is 178 Å². The average molecular weight is 633 g/mol. The van der Waals surface area contributed by atoms with Gasteiger partial charge in [-0.15, -0.1) is 0 Å². The van der Waals surface area contributed by atoms with E-state index in [1.165, 1.54) is 0 Å².